The van der Waals surface area contributed by atoms with E-state index in [9.17, 15) is 14.4 Å². The van der Waals surface area contributed by atoms with Crippen molar-refractivity contribution < 1.29 is 50.4 Å². The second-order valence-electron chi connectivity index (χ2n) is 4.92. The molecule has 7 nitrogen and oxygen atoms in total. The molecule has 0 aromatic rings. The smallest absolute Gasteiger partial charge is 0.329 e. The number of fused-ring (bicyclic) bond motifs is 5. The maximum atomic E-state index is 12.1. The van der Waals surface area contributed by atoms with Crippen molar-refractivity contribution in [1.29, 1.82) is 0 Å². The van der Waals surface area contributed by atoms with E-state index in [1.807, 2.05) is 0 Å². The number of hydrogen-bond donors (Lipinski definition) is 2. The first-order valence-electron chi connectivity index (χ1n) is 5.92. The van der Waals surface area contributed by atoms with Gasteiger partial charge >= 0.3 is 5.97 Å². The first-order valence-corrected chi connectivity index (χ1v) is 5.92. The van der Waals surface area contributed by atoms with Gasteiger partial charge in [-0.3, -0.25) is 14.5 Å². The molecule has 0 spiro atoms. The molecule has 104 valence electrons. The Balaban J connectivity index is 0.00000133. The van der Waals surface area contributed by atoms with Gasteiger partial charge in [0.05, 0.1) is 30.7 Å². The largest absolute Gasteiger partial charge is 0.480 e. The van der Waals surface area contributed by atoms with E-state index < -0.39 is 42.3 Å². The van der Waals surface area contributed by atoms with Crippen molar-refractivity contribution in [1.82, 2.24) is 4.90 Å². The van der Waals surface area contributed by atoms with Crippen LogP contribution in [-0.2, 0) is 40.2 Å². The van der Waals surface area contributed by atoms with Crippen LogP contribution in [0.5, 0.6) is 0 Å². The number of carbonyl (C=O) groups excluding carboxylic acids is 2. The number of aliphatic hydroxyl groups excluding tert-OH is 1. The zero-order chi connectivity index (χ0) is 13.0. The number of aliphatic hydroxyl groups is 1. The third-order valence-corrected chi connectivity index (χ3v) is 4.09. The predicted octanol–water partition coefficient (Wildman–Crippen LogP) is -1.41. The first kappa shape index (κ1) is 14.6. The summed E-state index contributed by atoms with van der Waals surface area (Å²) in [6, 6.07) is -1.48. The van der Waals surface area contributed by atoms with E-state index in [0.717, 1.165) is 12.8 Å². The van der Waals surface area contributed by atoms with Gasteiger partial charge in [0, 0.05) is 21.1 Å². The first-order chi connectivity index (χ1) is 8.56. The molecule has 5 atom stereocenters. The van der Waals surface area contributed by atoms with Gasteiger partial charge in [-0.1, -0.05) is 0 Å². The molecule has 0 aromatic carbocycles. The van der Waals surface area contributed by atoms with Crippen LogP contribution in [0.3, 0.4) is 0 Å². The monoisotopic (exact) mass is 439 g/mol. The number of carbonyl (C=O) groups is 3. The Morgan fingerprint density at radius 3 is 2.11 bits per heavy atom. The SMILES string of the molecule is O=C(O)C(CO)N1C(=O)C2C3CCC(O3)C2C1=O.[W]. The summed E-state index contributed by atoms with van der Waals surface area (Å²) in [4.78, 5) is 36.0. The molecule has 2 N–H and O–H groups in total. The minimum atomic E-state index is -1.48. The summed E-state index contributed by atoms with van der Waals surface area (Å²) in [5.41, 5.74) is 0. The van der Waals surface area contributed by atoms with Crippen LogP contribution >= 0.6 is 0 Å². The minimum absolute atomic E-state index is 0. The van der Waals surface area contributed by atoms with E-state index in [1.165, 1.54) is 0 Å². The quantitative estimate of drug-likeness (QED) is 0.525. The van der Waals surface area contributed by atoms with E-state index in [-0.39, 0.29) is 33.3 Å². The number of carboxylic acid groups (broad SMARTS) is 1. The third kappa shape index (κ3) is 1.87. The number of carboxylic acids is 1. The standard InChI is InChI=1S/C11H13NO6.W/c13-3-4(11(16)17)12-9(14)7-5-1-2-6(18-5)8(7)10(12)15;/h4-8,13H,1-3H2,(H,16,17);. The number of ether oxygens (including phenoxy) is 1. The summed E-state index contributed by atoms with van der Waals surface area (Å²) in [5.74, 6) is -3.50. The molecule has 0 aromatic heterocycles. The average Bonchev–Trinajstić information content (AvgIpc) is 2.98. The molecule has 3 aliphatic rings. The maximum Gasteiger partial charge on any atom is 0.329 e. The van der Waals surface area contributed by atoms with Crippen LogP contribution < -0.4 is 0 Å². The average molecular weight is 439 g/mol. The van der Waals surface area contributed by atoms with Gasteiger partial charge in [0.1, 0.15) is 0 Å². The Morgan fingerprint density at radius 2 is 1.74 bits per heavy atom. The molecule has 0 aliphatic carbocycles. The van der Waals surface area contributed by atoms with Crippen molar-refractivity contribution in [3.63, 3.8) is 0 Å². The molecule has 3 heterocycles. The fourth-order valence-electron chi connectivity index (χ4n) is 3.31. The van der Waals surface area contributed by atoms with Gasteiger partial charge in [-0.25, -0.2) is 4.79 Å². The summed E-state index contributed by atoms with van der Waals surface area (Å²) in [7, 11) is 0. The van der Waals surface area contributed by atoms with Crippen LogP contribution in [0.15, 0.2) is 0 Å². The van der Waals surface area contributed by atoms with Gasteiger partial charge in [0.25, 0.3) is 0 Å². The van der Waals surface area contributed by atoms with Crippen LogP contribution in [0.4, 0.5) is 0 Å². The molecule has 8 heteroatoms. The van der Waals surface area contributed by atoms with E-state index in [4.69, 9.17) is 14.9 Å². The number of likely N-dealkylation sites (tertiary alicyclic amines) is 1. The molecular formula is C11H13NO6W. The van der Waals surface area contributed by atoms with Gasteiger partial charge in [0.2, 0.25) is 11.8 Å². The molecular weight excluding hydrogens is 426 g/mol. The van der Waals surface area contributed by atoms with Crippen molar-refractivity contribution in [2.24, 2.45) is 11.8 Å². The van der Waals surface area contributed by atoms with Crippen molar-refractivity contribution in [3.8, 4) is 0 Å². The zero-order valence-electron chi connectivity index (χ0n) is 9.89. The molecule has 0 radical (unpaired) electrons. The minimum Gasteiger partial charge on any atom is -0.480 e. The number of amides is 2. The Hall–Kier alpha value is -0.782. The second kappa shape index (κ2) is 4.96. The Bertz CT molecular complexity index is 413. The van der Waals surface area contributed by atoms with Gasteiger partial charge in [-0.2, -0.15) is 0 Å². The number of hydrogen-bond acceptors (Lipinski definition) is 5. The van der Waals surface area contributed by atoms with Crippen LogP contribution in [0.2, 0.25) is 0 Å². The van der Waals surface area contributed by atoms with Crippen LogP contribution in [0, 0.1) is 11.8 Å². The van der Waals surface area contributed by atoms with E-state index in [2.05, 4.69) is 0 Å². The molecule has 3 aliphatic heterocycles. The van der Waals surface area contributed by atoms with E-state index in [0.29, 0.717) is 4.90 Å². The fourth-order valence-corrected chi connectivity index (χ4v) is 3.31. The Morgan fingerprint density at radius 1 is 1.26 bits per heavy atom. The van der Waals surface area contributed by atoms with Crippen LogP contribution in [0.25, 0.3) is 0 Å². The summed E-state index contributed by atoms with van der Waals surface area (Å²) in [6.45, 7) is -0.761. The molecule has 19 heavy (non-hydrogen) atoms. The normalized spacial score (nSPS) is 37.2. The van der Waals surface area contributed by atoms with E-state index in [1.54, 1.807) is 0 Å². The summed E-state index contributed by atoms with van der Waals surface area (Å²) >= 11 is 0. The third-order valence-electron chi connectivity index (χ3n) is 4.09. The molecule has 3 fully saturated rings. The molecule has 3 rings (SSSR count). The second-order valence-corrected chi connectivity index (χ2v) is 4.92. The van der Waals surface area contributed by atoms with Crippen molar-refractivity contribution in [3.05, 3.63) is 0 Å². The molecule has 2 bridgehead atoms. The summed E-state index contributed by atoms with van der Waals surface area (Å²) < 4.78 is 5.52. The van der Waals surface area contributed by atoms with Gasteiger partial charge < -0.3 is 14.9 Å². The Kier molecular flexibility index (Phi) is 3.82. The van der Waals surface area contributed by atoms with Crippen molar-refractivity contribution in [2.75, 3.05) is 6.61 Å². The van der Waals surface area contributed by atoms with Crippen LogP contribution in [-0.4, -0.2) is 57.8 Å². The number of aliphatic carboxylic acids is 1. The van der Waals surface area contributed by atoms with Crippen molar-refractivity contribution in [2.45, 2.75) is 31.1 Å². The number of rotatable bonds is 3. The summed E-state index contributed by atoms with van der Waals surface area (Å²) in [6.07, 6.45) is 0.926. The molecule has 0 saturated carbocycles. The van der Waals surface area contributed by atoms with Crippen LogP contribution in [0.1, 0.15) is 12.8 Å². The topological polar surface area (TPSA) is 104 Å². The zero-order valence-corrected chi connectivity index (χ0v) is 12.8. The fraction of sp³-hybridized carbons (Fsp3) is 0.727. The van der Waals surface area contributed by atoms with Crippen molar-refractivity contribution >= 4 is 17.8 Å². The Labute approximate surface area is 123 Å². The maximum absolute atomic E-state index is 12.1. The van der Waals surface area contributed by atoms with Gasteiger partial charge in [-0.05, 0) is 12.8 Å². The number of nitrogens with zero attached hydrogens (tertiary/aromatic N) is 1. The van der Waals surface area contributed by atoms with E-state index >= 15 is 0 Å². The van der Waals surface area contributed by atoms with Gasteiger partial charge in [-0.15, -0.1) is 0 Å². The molecule has 3 saturated heterocycles. The van der Waals surface area contributed by atoms with Gasteiger partial charge in [0.15, 0.2) is 6.04 Å². The number of imide groups is 1. The summed E-state index contributed by atoms with van der Waals surface area (Å²) in [5, 5.41) is 18.0. The molecule has 2 amide bonds. The predicted molar refractivity (Wildman–Crippen MR) is 55.2 cm³/mol. The molecule has 5 unspecified atom stereocenters.